The summed E-state index contributed by atoms with van der Waals surface area (Å²) in [5.74, 6) is 1.14. The van der Waals surface area contributed by atoms with Crippen molar-refractivity contribution in [3.63, 3.8) is 0 Å². The largest absolute Gasteiger partial charge is 0.330 e. The van der Waals surface area contributed by atoms with Crippen LogP contribution in [0.25, 0.3) is 0 Å². The molecule has 1 aromatic carbocycles. The van der Waals surface area contributed by atoms with Crippen LogP contribution in [0.3, 0.4) is 0 Å². The Bertz CT molecular complexity index is 933. The van der Waals surface area contributed by atoms with Gasteiger partial charge in [0.25, 0.3) is 5.91 Å². The molecule has 1 amide bonds. The van der Waals surface area contributed by atoms with Gasteiger partial charge in [0.2, 0.25) is 5.95 Å². The van der Waals surface area contributed by atoms with Crippen LogP contribution in [0, 0.1) is 0 Å². The maximum atomic E-state index is 12.9. The molecule has 0 radical (unpaired) electrons. The number of aromatic nitrogens is 3. The molecule has 0 saturated carbocycles. The molecule has 2 aromatic heterocycles. The maximum absolute atomic E-state index is 12.9. The van der Waals surface area contributed by atoms with Crippen molar-refractivity contribution < 1.29 is 4.79 Å². The van der Waals surface area contributed by atoms with Crippen molar-refractivity contribution in [1.82, 2.24) is 19.9 Å². The lowest BCUT2D eigenvalue weighted by molar-refractivity contribution is 0.0733. The third-order valence-electron chi connectivity index (χ3n) is 4.53. The number of nitrogens with zero attached hydrogens (tertiary/aromatic N) is 4. The lowest BCUT2D eigenvalue weighted by Crippen LogP contribution is -2.31. The molecule has 1 atom stereocenters. The topological polar surface area (TPSA) is 71.0 Å². The Hall–Kier alpha value is -2.99. The van der Waals surface area contributed by atoms with E-state index in [-0.39, 0.29) is 11.9 Å². The number of carbonyl (C=O) groups excluding carboxylic acids is 1. The standard InChI is InChI=1S/C20H18ClN5O/c21-15-8-6-14(7-9-15)19(27)26-13-3-4-17(26)16-10-12-23-20(24-16)25-18-5-1-2-11-22-18/h1-2,5-12,17H,3-4,13H2,(H,22,23,24,25)/t17-/m0/s1. The van der Waals surface area contributed by atoms with E-state index in [1.807, 2.05) is 29.2 Å². The molecule has 0 unspecified atom stereocenters. The van der Waals surface area contributed by atoms with E-state index in [4.69, 9.17) is 11.6 Å². The van der Waals surface area contributed by atoms with Gasteiger partial charge in [-0.2, -0.15) is 0 Å². The number of pyridine rings is 1. The minimum Gasteiger partial charge on any atom is -0.330 e. The summed E-state index contributed by atoms with van der Waals surface area (Å²) >= 11 is 5.93. The lowest BCUT2D eigenvalue weighted by atomic mass is 10.1. The Kier molecular flexibility index (Phi) is 4.98. The highest BCUT2D eigenvalue weighted by atomic mass is 35.5. The van der Waals surface area contributed by atoms with Crippen molar-refractivity contribution in [3.8, 4) is 0 Å². The first-order valence-corrected chi connectivity index (χ1v) is 9.16. The van der Waals surface area contributed by atoms with Crippen molar-refractivity contribution in [1.29, 1.82) is 0 Å². The number of nitrogens with one attached hydrogen (secondary N) is 1. The van der Waals surface area contributed by atoms with Gasteiger partial charge in [0.15, 0.2) is 0 Å². The Morgan fingerprint density at radius 1 is 1.07 bits per heavy atom. The van der Waals surface area contributed by atoms with Crippen LogP contribution < -0.4 is 5.32 Å². The van der Waals surface area contributed by atoms with Crippen LogP contribution in [0.1, 0.15) is 34.9 Å². The van der Waals surface area contributed by atoms with Gasteiger partial charge in [-0.1, -0.05) is 17.7 Å². The van der Waals surface area contributed by atoms with E-state index in [9.17, 15) is 4.79 Å². The summed E-state index contributed by atoms with van der Waals surface area (Å²) in [4.78, 5) is 27.9. The first kappa shape index (κ1) is 17.4. The second kappa shape index (κ2) is 7.72. The zero-order valence-corrected chi connectivity index (χ0v) is 15.3. The van der Waals surface area contributed by atoms with Gasteiger partial charge in [-0.05, 0) is 55.3 Å². The van der Waals surface area contributed by atoms with Crippen molar-refractivity contribution in [3.05, 3.63) is 77.2 Å². The summed E-state index contributed by atoms with van der Waals surface area (Å²) in [6, 6.07) is 14.4. The van der Waals surface area contributed by atoms with Gasteiger partial charge in [-0.3, -0.25) is 4.79 Å². The number of carbonyl (C=O) groups is 1. The van der Waals surface area contributed by atoms with Crippen LogP contribution in [0.2, 0.25) is 5.02 Å². The zero-order valence-electron chi connectivity index (χ0n) is 14.5. The second-order valence-electron chi connectivity index (χ2n) is 6.31. The normalized spacial score (nSPS) is 16.3. The van der Waals surface area contributed by atoms with Crippen molar-refractivity contribution >= 4 is 29.3 Å². The molecule has 1 aliphatic rings. The summed E-state index contributed by atoms with van der Waals surface area (Å²) in [7, 11) is 0. The van der Waals surface area contributed by atoms with Crippen LogP contribution in [0.5, 0.6) is 0 Å². The van der Waals surface area contributed by atoms with Crippen LogP contribution in [-0.4, -0.2) is 32.3 Å². The smallest absolute Gasteiger partial charge is 0.254 e. The summed E-state index contributed by atoms with van der Waals surface area (Å²) in [6.07, 6.45) is 5.23. The predicted molar refractivity (Wildman–Crippen MR) is 104 cm³/mol. The monoisotopic (exact) mass is 379 g/mol. The number of halogens is 1. The minimum absolute atomic E-state index is 0.00739. The fourth-order valence-corrected chi connectivity index (χ4v) is 3.37. The van der Waals surface area contributed by atoms with E-state index < -0.39 is 0 Å². The van der Waals surface area contributed by atoms with E-state index in [2.05, 4.69) is 20.3 Å². The number of likely N-dealkylation sites (tertiary alicyclic amines) is 1. The number of hydrogen-bond donors (Lipinski definition) is 1. The molecule has 27 heavy (non-hydrogen) atoms. The maximum Gasteiger partial charge on any atom is 0.254 e. The molecule has 0 spiro atoms. The van der Waals surface area contributed by atoms with E-state index in [1.54, 1.807) is 36.7 Å². The van der Waals surface area contributed by atoms with Crippen LogP contribution >= 0.6 is 11.6 Å². The lowest BCUT2D eigenvalue weighted by Gasteiger charge is -2.24. The second-order valence-corrected chi connectivity index (χ2v) is 6.74. The van der Waals surface area contributed by atoms with Crippen molar-refractivity contribution in [2.75, 3.05) is 11.9 Å². The van der Waals surface area contributed by atoms with E-state index in [0.29, 0.717) is 28.9 Å². The number of hydrogen-bond acceptors (Lipinski definition) is 5. The first-order valence-electron chi connectivity index (χ1n) is 8.78. The van der Waals surface area contributed by atoms with Crippen LogP contribution in [0.15, 0.2) is 60.9 Å². The van der Waals surface area contributed by atoms with E-state index in [0.717, 1.165) is 18.5 Å². The third-order valence-corrected chi connectivity index (χ3v) is 4.78. The Morgan fingerprint density at radius 3 is 2.70 bits per heavy atom. The molecule has 0 bridgehead atoms. The molecule has 1 saturated heterocycles. The Balaban J connectivity index is 1.56. The number of benzene rings is 1. The molecule has 3 aromatic rings. The summed E-state index contributed by atoms with van der Waals surface area (Å²) in [5, 5.41) is 3.71. The molecule has 6 nitrogen and oxygen atoms in total. The van der Waals surface area contributed by atoms with Crippen molar-refractivity contribution in [2.24, 2.45) is 0 Å². The van der Waals surface area contributed by atoms with Gasteiger partial charge in [-0.15, -0.1) is 0 Å². The molecular formula is C20H18ClN5O. The van der Waals surface area contributed by atoms with Crippen LogP contribution in [0.4, 0.5) is 11.8 Å². The van der Waals surface area contributed by atoms with Gasteiger partial charge < -0.3 is 10.2 Å². The van der Waals surface area contributed by atoms with E-state index in [1.165, 1.54) is 0 Å². The molecule has 1 fully saturated rings. The number of anilines is 2. The van der Waals surface area contributed by atoms with Gasteiger partial charge in [0.1, 0.15) is 5.82 Å². The Labute approximate surface area is 162 Å². The highest BCUT2D eigenvalue weighted by molar-refractivity contribution is 6.30. The zero-order chi connectivity index (χ0) is 18.6. The fourth-order valence-electron chi connectivity index (χ4n) is 3.25. The molecule has 3 heterocycles. The Morgan fingerprint density at radius 2 is 1.93 bits per heavy atom. The SMILES string of the molecule is O=C(c1ccc(Cl)cc1)N1CCC[C@H]1c1ccnc(Nc2ccccn2)n1. The molecule has 136 valence electrons. The molecule has 7 heteroatoms. The fraction of sp³-hybridized carbons (Fsp3) is 0.200. The molecule has 4 rings (SSSR count). The molecular weight excluding hydrogens is 362 g/mol. The van der Waals surface area contributed by atoms with Gasteiger partial charge in [0, 0.05) is 29.5 Å². The quantitative estimate of drug-likeness (QED) is 0.733. The summed E-state index contributed by atoms with van der Waals surface area (Å²) in [6.45, 7) is 0.707. The van der Waals surface area contributed by atoms with Gasteiger partial charge in [0.05, 0.1) is 11.7 Å². The number of rotatable bonds is 4. The molecule has 0 aliphatic carbocycles. The minimum atomic E-state index is -0.0690. The third kappa shape index (κ3) is 3.90. The predicted octanol–water partition coefficient (Wildman–Crippen LogP) is 4.25. The highest BCUT2D eigenvalue weighted by Crippen LogP contribution is 2.32. The molecule has 1 N–H and O–H groups in total. The van der Waals surface area contributed by atoms with Gasteiger partial charge in [-0.25, -0.2) is 15.0 Å². The average Bonchev–Trinajstić information content (AvgIpc) is 3.19. The van der Waals surface area contributed by atoms with Gasteiger partial charge >= 0.3 is 0 Å². The summed E-state index contributed by atoms with van der Waals surface area (Å²) in [5.41, 5.74) is 1.45. The number of amides is 1. The molecule has 1 aliphatic heterocycles. The first-order chi connectivity index (χ1) is 13.2. The average molecular weight is 380 g/mol. The van der Waals surface area contributed by atoms with E-state index >= 15 is 0 Å². The highest BCUT2D eigenvalue weighted by Gasteiger charge is 2.31. The summed E-state index contributed by atoms with van der Waals surface area (Å²) < 4.78 is 0. The van der Waals surface area contributed by atoms with Crippen molar-refractivity contribution in [2.45, 2.75) is 18.9 Å². The van der Waals surface area contributed by atoms with Crippen LogP contribution in [-0.2, 0) is 0 Å².